The Kier molecular flexibility index (Phi) is 4.17. The van der Waals surface area contributed by atoms with E-state index in [9.17, 15) is 8.42 Å². The second-order valence-corrected chi connectivity index (χ2v) is 6.67. The van der Waals surface area contributed by atoms with Gasteiger partial charge in [0.25, 0.3) is 0 Å². The lowest BCUT2D eigenvalue weighted by atomic mass is 10.0. The molecule has 1 aliphatic heterocycles. The molecule has 0 amide bonds. The van der Waals surface area contributed by atoms with Gasteiger partial charge in [-0.15, -0.1) is 6.58 Å². The predicted molar refractivity (Wildman–Crippen MR) is 78.5 cm³/mol. The first-order valence-electron chi connectivity index (χ1n) is 6.51. The average Bonchev–Trinajstić information content (AvgIpc) is 2.84. The van der Waals surface area contributed by atoms with Gasteiger partial charge in [-0.25, -0.2) is 13.1 Å². The lowest BCUT2D eigenvalue weighted by Gasteiger charge is -2.14. The van der Waals surface area contributed by atoms with E-state index in [1.807, 2.05) is 6.92 Å². The van der Waals surface area contributed by atoms with Crippen LogP contribution in [-0.2, 0) is 16.4 Å². The second-order valence-electron chi connectivity index (χ2n) is 4.93. The lowest BCUT2D eigenvalue weighted by Crippen LogP contribution is -2.24. The van der Waals surface area contributed by atoms with Crippen LogP contribution < -0.4 is 15.2 Å². The molecular formula is C14H20N2O3S. The molecular weight excluding hydrogens is 276 g/mol. The molecule has 0 aromatic heterocycles. The first kappa shape index (κ1) is 15.0. The zero-order valence-corrected chi connectivity index (χ0v) is 12.6. The van der Waals surface area contributed by atoms with Crippen molar-refractivity contribution >= 4 is 10.0 Å². The van der Waals surface area contributed by atoms with Gasteiger partial charge in [0.2, 0.25) is 10.0 Å². The number of rotatable bonds is 5. The van der Waals surface area contributed by atoms with E-state index in [1.165, 1.54) is 6.08 Å². The van der Waals surface area contributed by atoms with Gasteiger partial charge >= 0.3 is 0 Å². The van der Waals surface area contributed by atoms with Gasteiger partial charge in [0.05, 0.1) is 4.90 Å². The number of hydrogen-bond donors (Lipinski definition) is 2. The van der Waals surface area contributed by atoms with Crippen molar-refractivity contribution < 1.29 is 13.2 Å². The molecule has 0 saturated heterocycles. The molecule has 1 aliphatic rings. The molecule has 5 nitrogen and oxygen atoms in total. The van der Waals surface area contributed by atoms with Crippen LogP contribution in [0.5, 0.6) is 5.75 Å². The van der Waals surface area contributed by atoms with Crippen LogP contribution in [0.2, 0.25) is 0 Å². The molecule has 2 rings (SSSR count). The van der Waals surface area contributed by atoms with Crippen LogP contribution in [0.25, 0.3) is 0 Å². The molecule has 0 fully saturated rings. The van der Waals surface area contributed by atoms with Crippen LogP contribution in [0, 0.1) is 13.8 Å². The maximum atomic E-state index is 12.3. The minimum Gasteiger partial charge on any atom is -0.488 e. The zero-order chi connectivity index (χ0) is 14.9. The van der Waals surface area contributed by atoms with Gasteiger partial charge in [-0.1, -0.05) is 6.08 Å². The number of ether oxygens (including phenoxy) is 1. The average molecular weight is 296 g/mol. The zero-order valence-electron chi connectivity index (χ0n) is 11.8. The van der Waals surface area contributed by atoms with Crippen LogP contribution in [0.3, 0.4) is 0 Å². The third-order valence-electron chi connectivity index (χ3n) is 3.57. The minimum absolute atomic E-state index is 0.0674. The fraction of sp³-hybridized carbons (Fsp3) is 0.429. The summed E-state index contributed by atoms with van der Waals surface area (Å²) in [6.45, 7) is 7.81. The summed E-state index contributed by atoms with van der Waals surface area (Å²) in [5.41, 5.74) is 8.09. The first-order chi connectivity index (χ1) is 9.40. The van der Waals surface area contributed by atoms with E-state index in [0.717, 1.165) is 16.9 Å². The van der Waals surface area contributed by atoms with Gasteiger partial charge in [0, 0.05) is 19.5 Å². The van der Waals surface area contributed by atoms with Crippen molar-refractivity contribution in [1.82, 2.24) is 4.72 Å². The number of nitrogens with two attached hydrogens (primary N) is 1. The molecule has 110 valence electrons. The van der Waals surface area contributed by atoms with Gasteiger partial charge in [0.1, 0.15) is 11.9 Å². The Bertz CT molecular complexity index is 638. The van der Waals surface area contributed by atoms with Crippen LogP contribution in [0.4, 0.5) is 0 Å². The lowest BCUT2D eigenvalue weighted by molar-refractivity contribution is 0.240. The third-order valence-corrected chi connectivity index (χ3v) is 5.12. The van der Waals surface area contributed by atoms with Gasteiger partial charge in [-0.05, 0) is 36.6 Å². The number of fused-ring (bicyclic) bond motifs is 1. The highest BCUT2D eigenvalue weighted by Crippen LogP contribution is 2.37. The van der Waals surface area contributed by atoms with Gasteiger partial charge in [0.15, 0.2) is 0 Å². The quantitative estimate of drug-likeness (QED) is 0.795. The summed E-state index contributed by atoms with van der Waals surface area (Å²) < 4.78 is 32.8. The van der Waals surface area contributed by atoms with Crippen molar-refractivity contribution in [3.63, 3.8) is 0 Å². The Morgan fingerprint density at radius 2 is 2.20 bits per heavy atom. The van der Waals surface area contributed by atoms with Crippen LogP contribution in [-0.4, -0.2) is 27.6 Å². The molecule has 0 saturated carbocycles. The monoisotopic (exact) mass is 296 g/mol. The molecule has 1 aromatic rings. The molecule has 0 bridgehead atoms. The van der Waals surface area contributed by atoms with Crippen molar-refractivity contribution in [3.05, 3.63) is 35.4 Å². The van der Waals surface area contributed by atoms with E-state index < -0.39 is 10.0 Å². The highest BCUT2D eigenvalue weighted by Gasteiger charge is 2.28. The Morgan fingerprint density at radius 3 is 2.80 bits per heavy atom. The number of benzene rings is 1. The van der Waals surface area contributed by atoms with E-state index in [2.05, 4.69) is 11.3 Å². The Labute approximate surface area is 119 Å². The molecule has 1 unspecified atom stereocenters. The standard InChI is InChI=1S/C14H20N2O3S/c1-4-5-16-20(17,18)13-7-11-6-12(8-15)19-14(11)10(3)9(13)2/h4,7,12,16H,1,5-6,8,15H2,2-3H3. The van der Waals surface area contributed by atoms with Crippen LogP contribution >= 0.6 is 0 Å². The van der Waals surface area contributed by atoms with Crippen molar-refractivity contribution in [2.24, 2.45) is 5.73 Å². The molecule has 3 N–H and O–H groups in total. The SMILES string of the molecule is C=CCNS(=O)(=O)c1cc2c(c(C)c1C)OC(CN)C2. The van der Waals surface area contributed by atoms with Gasteiger partial charge in [-0.2, -0.15) is 0 Å². The molecule has 1 aromatic carbocycles. The van der Waals surface area contributed by atoms with E-state index in [1.54, 1.807) is 13.0 Å². The number of hydrogen-bond acceptors (Lipinski definition) is 4. The van der Waals surface area contributed by atoms with E-state index in [-0.39, 0.29) is 12.6 Å². The first-order valence-corrected chi connectivity index (χ1v) is 7.99. The summed E-state index contributed by atoms with van der Waals surface area (Å²) in [6, 6.07) is 1.69. The van der Waals surface area contributed by atoms with Crippen molar-refractivity contribution in [1.29, 1.82) is 0 Å². The van der Waals surface area contributed by atoms with Gasteiger partial charge < -0.3 is 10.5 Å². The summed E-state index contributed by atoms with van der Waals surface area (Å²) in [4.78, 5) is 0.303. The maximum Gasteiger partial charge on any atom is 0.241 e. The third kappa shape index (κ3) is 2.59. The molecule has 0 spiro atoms. The fourth-order valence-electron chi connectivity index (χ4n) is 2.35. The second kappa shape index (κ2) is 5.55. The summed E-state index contributed by atoms with van der Waals surface area (Å²) in [6.07, 6.45) is 2.10. The van der Waals surface area contributed by atoms with Crippen LogP contribution in [0.15, 0.2) is 23.6 Å². The van der Waals surface area contributed by atoms with E-state index in [0.29, 0.717) is 23.4 Å². The molecule has 6 heteroatoms. The normalized spacial score (nSPS) is 17.6. The minimum atomic E-state index is -3.53. The number of nitrogens with one attached hydrogen (secondary N) is 1. The molecule has 0 radical (unpaired) electrons. The van der Waals surface area contributed by atoms with Gasteiger partial charge in [-0.3, -0.25) is 0 Å². The highest BCUT2D eigenvalue weighted by atomic mass is 32.2. The molecule has 0 aliphatic carbocycles. The maximum absolute atomic E-state index is 12.3. The topological polar surface area (TPSA) is 81.4 Å². The predicted octanol–water partition coefficient (Wildman–Crippen LogP) is 1.03. The molecule has 20 heavy (non-hydrogen) atoms. The highest BCUT2D eigenvalue weighted by molar-refractivity contribution is 7.89. The van der Waals surface area contributed by atoms with E-state index in [4.69, 9.17) is 10.5 Å². The molecule has 1 heterocycles. The smallest absolute Gasteiger partial charge is 0.241 e. The molecule has 1 atom stereocenters. The summed E-state index contributed by atoms with van der Waals surface area (Å²) >= 11 is 0. The Hall–Kier alpha value is -1.37. The van der Waals surface area contributed by atoms with Crippen LogP contribution in [0.1, 0.15) is 16.7 Å². The number of sulfonamides is 1. The van der Waals surface area contributed by atoms with Crippen molar-refractivity contribution in [2.45, 2.75) is 31.3 Å². The fourth-order valence-corrected chi connectivity index (χ4v) is 3.70. The largest absolute Gasteiger partial charge is 0.488 e. The summed E-state index contributed by atoms with van der Waals surface area (Å²) in [5, 5.41) is 0. The van der Waals surface area contributed by atoms with Crippen molar-refractivity contribution in [3.8, 4) is 5.75 Å². The van der Waals surface area contributed by atoms with Crippen molar-refractivity contribution in [2.75, 3.05) is 13.1 Å². The Balaban J connectivity index is 2.48. The Morgan fingerprint density at radius 1 is 1.50 bits per heavy atom. The van der Waals surface area contributed by atoms with E-state index >= 15 is 0 Å². The summed E-state index contributed by atoms with van der Waals surface area (Å²) in [7, 11) is -3.53. The summed E-state index contributed by atoms with van der Waals surface area (Å²) in [5.74, 6) is 0.778.